The quantitative estimate of drug-likeness (QED) is 0.313. The molecular weight excluding hydrogens is 438 g/mol. The number of benzene rings is 4. The van der Waals surface area contributed by atoms with Gasteiger partial charge < -0.3 is 9.84 Å². The molecule has 0 aliphatic heterocycles. The zero-order chi connectivity index (χ0) is 24.3. The molecule has 1 aliphatic rings. The Kier molecular flexibility index (Phi) is 6.06. The van der Waals surface area contributed by atoms with Crippen LogP contribution in [0.25, 0.3) is 22.3 Å². The lowest BCUT2D eigenvalue weighted by Crippen LogP contribution is -2.19. The molecule has 1 fully saturated rings. The average molecular weight is 464 g/mol. The van der Waals surface area contributed by atoms with Crippen LogP contribution in [0.2, 0.25) is 0 Å². The lowest BCUT2D eigenvalue weighted by atomic mass is 9.93. The van der Waals surface area contributed by atoms with Crippen molar-refractivity contribution in [1.82, 2.24) is 0 Å². The predicted octanol–water partition coefficient (Wildman–Crippen LogP) is 6.89. The number of ether oxygens (including phenoxy) is 1. The van der Waals surface area contributed by atoms with Gasteiger partial charge in [-0.05, 0) is 46.7 Å². The first-order chi connectivity index (χ1) is 17.0. The monoisotopic (exact) mass is 463 g/mol. The maximum Gasteiger partial charge on any atom is 0.411 e. The Balaban J connectivity index is 1.29. The van der Waals surface area contributed by atoms with E-state index in [0.29, 0.717) is 18.5 Å². The van der Waals surface area contributed by atoms with Gasteiger partial charge in [-0.2, -0.15) is 0 Å². The van der Waals surface area contributed by atoms with Gasteiger partial charge in [-0.25, -0.2) is 4.79 Å². The molecule has 0 radical (unpaired) electrons. The van der Waals surface area contributed by atoms with Crippen LogP contribution in [0.3, 0.4) is 0 Å². The third-order valence-electron chi connectivity index (χ3n) is 6.50. The van der Waals surface area contributed by atoms with E-state index in [-0.39, 0.29) is 6.61 Å². The summed E-state index contributed by atoms with van der Waals surface area (Å²) in [6, 6.07) is 33.0. The molecular formula is C30H25NO4. The summed E-state index contributed by atoms with van der Waals surface area (Å²) in [5, 5.41) is 12.4. The topological polar surface area (TPSA) is 75.6 Å². The molecule has 1 aliphatic carbocycles. The van der Waals surface area contributed by atoms with E-state index in [2.05, 4.69) is 5.32 Å². The van der Waals surface area contributed by atoms with Crippen molar-refractivity contribution in [2.45, 2.75) is 24.9 Å². The number of carbonyl (C=O) groups is 2. The minimum Gasteiger partial charge on any atom is -0.481 e. The molecule has 2 N–H and O–H groups in total. The zero-order valence-corrected chi connectivity index (χ0v) is 19.1. The smallest absolute Gasteiger partial charge is 0.411 e. The maximum absolute atomic E-state index is 12.4. The normalized spacial score (nSPS) is 13.6. The van der Waals surface area contributed by atoms with E-state index >= 15 is 0 Å². The second-order valence-corrected chi connectivity index (χ2v) is 8.77. The van der Waals surface area contributed by atoms with Crippen LogP contribution < -0.4 is 5.32 Å². The molecule has 35 heavy (non-hydrogen) atoms. The summed E-state index contributed by atoms with van der Waals surface area (Å²) in [5.41, 5.74) is 5.69. The van der Waals surface area contributed by atoms with E-state index < -0.39 is 17.5 Å². The number of carboxylic acid groups (broad SMARTS) is 1. The molecule has 174 valence electrons. The van der Waals surface area contributed by atoms with Crippen LogP contribution in [-0.2, 0) is 21.6 Å². The van der Waals surface area contributed by atoms with Crippen LogP contribution in [0.1, 0.15) is 24.0 Å². The highest BCUT2D eigenvalue weighted by atomic mass is 16.5. The summed E-state index contributed by atoms with van der Waals surface area (Å²) in [6.07, 6.45) is 0.889. The Bertz CT molecular complexity index is 1340. The molecule has 1 amide bonds. The third-order valence-corrected chi connectivity index (χ3v) is 6.50. The van der Waals surface area contributed by atoms with Crippen molar-refractivity contribution < 1.29 is 19.4 Å². The summed E-state index contributed by atoms with van der Waals surface area (Å²) in [7, 11) is 0. The van der Waals surface area contributed by atoms with Crippen LogP contribution in [0, 0.1) is 0 Å². The molecule has 0 saturated heterocycles. The fourth-order valence-electron chi connectivity index (χ4n) is 4.29. The Labute approximate surface area is 204 Å². The molecule has 1 saturated carbocycles. The van der Waals surface area contributed by atoms with Crippen molar-refractivity contribution in [2.75, 3.05) is 5.32 Å². The second-order valence-electron chi connectivity index (χ2n) is 8.77. The first-order valence-corrected chi connectivity index (χ1v) is 11.6. The van der Waals surface area contributed by atoms with Crippen molar-refractivity contribution in [3.8, 4) is 22.3 Å². The Morgan fingerprint density at radius 3 is 1.94 bits per heavy atom. The fourth-order valence-corrected chi connectivity index (χ4v) is 4.29. The molecule has 0 atom stereocenters. The molecule has 5 nitrogen and oxygen atoms in total. The third kappa shape index (κ3) is 4.80. The zero-order valence-electron chi connectivity index (χ0n) is 19.1. The Morgan fingerprint density at radius 1 is 0.743 bits per heavy atom. The van der Waals surface area contributed by atoms with Crippen molar-refractivity contribution in [3.05, 3.63) is 114 Å². The molecule has 5 rings (SSSR count). The van der Waals surface area contributed by atoms with Crippen molar-refractivity contribution in [1.29, 1.82) is 0 Å². The van der Waals surface area contributed by atoms with Gasteiger partial charge in [0.05, 0.1) is 11.1 Å². The number of para-hydroxylation sites is 1. The van der Waals surface area contributed by atoms with Gasteiger partial charge in [0.25, 0.3) is 0 Å². The SMILES string of the molecule is O=C(Nc1ccccc1-c1ccc(-c2ccc(C3(C(=O)O)CC3)cc2)cc1)OCc1ccccc1. The number of hydrogen-bond donors (Lipinski definition) is 2. The first kappa shape index (κ1) is 22.4. The van der Waals surface area contributed by atoms with Gasteiger partial charge in [-0.15, -0.1) is 0 Å². The van der Waals surface area contributed by atoms with E-state index in [0.717, 1.165) is 33.4 Å². The highest BCUT2D eigenvalue weighted by Gasteiger charge is 2.51. The summed E-state index contributed by atoms with van der Waals surface area (Å²) >= 11 is 0. The Hall–Kier alpha value is -4.38. The van der Waals surface area contributed by atoms with Gasteiger partial charge in [0.1, 0.15) is 6.61 Å². The van der Waals surface area contributed by atoms with E-state index in [9.17, 15) is 14.7 Å². The lowest BCUT2D eigenvalue weighted by molar-refractivity contribution is -0.140. The average Bonchev–Trinajstić information content (AvgIpc) is 3.71. The number of amides is 1. The number of nitrogens with one attached hydrogen (secondary N) is 1. The largest absolute Gasteiger partial charge is 0.481 e. The first-order valence-electron chi connectivity index (χ1n) is 11.6. The molecule has 0 bridgehead atoms. The van der Waals surface area contributed by atoms with Crippen molar-refractivity contribution in [3.63, 3.8) is 0 Å². The van der Waals surface area contributed by atoms with Crippen LogP contribution in [0.5, 0.6) is 0 Å². The molecule has 4 aromatic rings. The van der Waals surface area contributed by atoms with Gasteiger partial charge in [-0.3, -0.25) is 10.1 Å². The predicted molar refractivity (Wildman–Crippen MR) is 136 cm³/mol. The van der Waals surface area contributed by atoms with Crippen LogP contribution in [0.15, 0.2) is 103 Å². The second kappa shape index (κ2) is 9.47. The fraction of sp³-hybridized carbons (Fsp3) is 0.133. The van der Waals surface area contributed by atoms with Crippen LogP contribution >= 0.6 is 0 Å². The van der Waals surface area contributed by atoms with Gasteiger partial charge in [0, 0.05) is 5.56 Å². The molecule has 0 aromatic heterocycles. The van der Waals surface area contributed by atoms with Gasteiger partial charge in [-0.1, -0.05) is 97.1 Å². The number of anilines is 1. The molecule has 0 unspecified atom stereocenters. The number of hydrogen-bond acceptors (Lipinski definition) is 3. The Morgan fingerprint density at radius 2 is 1.31 bits per heavy atom. The molecule has 4 aromatic carbocycles. The number of carboxylic acids is 1. The standard InChI is InChI=1S/C30H25NO4/c32-28(33)30(18-19-30)25-16-14-23(15-17-25)22-10-12-24(13-11-22)26-8-4-5-9-27(26)31-29(34)35-20-21-6-2-1-3-7-21/h1-17H,18-20H2,(H,31,34)(H,32,33). The van der Waals surface area contributed by atoms with Crippen LogP contribution in [-0.4, -0.2) is 17.2 Å². The van der Waals surface area contributed by atoms with E-state index in [4.69, 9.17) is 4.74 Å². The summed E-state index contributed by atoms with van der Waals surface area (Å²) in [5.74, 6) is -0.745. The highest BCUT2D eigenvalue weighted by molar-refractivity contribution is 5.91. The molecule has 5 heteroatoms. The van der Waals surface area contributed by atoms with Crippen molar-refractivity contribution >= 4 is 17.7 Å². The number of aliphatic carboxylic acids is 1. The summed E-state index contributed by atoms with van der Waals surface area (Å²) in [4.78, 5) is 24.0. The van der Waals surface area contributed by atoms with E-state index in [1.165, 1.54) is 0 Å². The minimum absolute atomic E-state index is 0.204. The molecule has 0 spiro atoms. The van der Waals surface area contributed by atoms with Gasteiger partial charge in [0.2, 0.25) is 0 Å². The minimum atomic E-state index is -0.745. The lowest BCUT2D eigenvalue weighted by Gasteiger charge is -2.13. The highest BCUT2D eigenvalue weighted by Crippen LogP contribution is 2.48. The van der Waals surface area contributed by atoms with Crippen LogP contribution in [0.4, 0.5) is 10.5 Å². The number of rotatable bonds is 7. The number of carbonyl (C=O) groups excluding carboxylic acids is 1. The van der Waals surface area contributed by atoms with E-state index in [1.807, 2.05) is 103 Å². The van der Waals surface area contributed by atoms with Gasteiger partial charge >= 0.3 is 12.1 Å². The molecule has 0 heterocycles. The van der Waals surface area contributed by atoms with E-state index in [1.54, 1.807) is 0 Å². The maximum atomic E-state index is 12.4. The summed E-state index contributed by atoms with van der Waals surface area (Å²) < 4.78 is 5.37. The van der Waals surface area contributed by atoms with Crippen molar-refractivity contribution in [2.24, 2.45) is 0 Å². The summed E-state index contributed by atoms with van der Waals surface area (Å²) in [6.45, 7) is 0.204. The van der Waals surface area contributed by atoms with Gasteiger partial charge in [0.15, 0.2) is 0 Å².